The van der Waals surface area contributed by atoms with Crippen molar-refractivity contribution in [2.45, 2.75) is 38.8 Å². The summed E-state index contributed by atoms with van der Waals surface area (Å²) in [5.74, 6) is 0.449. The van der Waals surface area contributed by atoms with E-state index in [1.54, 1.807) is 30.3 Å². The van der Waals surface area contributed by atoms with Crippen molar-refractivity contribution >= 4 is 17.7 Å². The number of hydrogen-bond acceptors (Lipinski definition) is 5. The number of fused-ring (bicyclic) bond motifs is 1. The molecule has 1 saturated heterocycles. The van der Waals surface area contributed by atoms with Crippen LogP contribution in [0.1, 0.15) is 47.4 Å². The quantitative estimate of drug-likeness (QED) is 0.704. The van der Waals surface area contributed by atoms with Gasteiger partial charge in [0.15, 0.2) is 11.5 Å². The van der Waals surface area contributed by atoms with Crippen molar-refractivity contribution in [1.29, 1.82) is 0 Å². The summed E-state index contributed by atoms with van der Waals surface area (Å²) in [4.78, 5) is 40.6. The number of ether oxygens (including phenoxy) is 2. The second-order valence-electron chi connectivity index (χ2n) is 8.68. The highest BCUT2D eigenvalue weighted by atomic mass is 16.7. The Balaban J connectivity index is 1.44. The molecular formula is C25H29N3O5. The molecule has 33 heavy (non-hydrogen) atoms. The Morgan fingerprint density at radius 3 is 2.30 bits per heavy atom. The van der Waals surface area contributed by atoms with Gasteiger partial charge in [0.1, 0.15) is 6.04 Å². The zero-order chi connectivity index (χ0) is 23.4. The van der Waals surface area contributed by atoms with Crippen LogP contribution >= 0.6 is 0 Å². The summed E-state index contributed by atoms with van der Waals surface area (Å²) in [6.45, 7) is 4.96. The van der Waals surface area contributed by atoms with E-state index in [9.17, 15) is 14.4 Å². The Bertz CT molecular complexity index is 1020. The molecule has 2 heterocycles. The van der Waals surface area contributed by atoms with Crippen molar-refractivity contribution in [3.05, 3.63) is 59.7 Å². The average molecular weight is 452 g/mol. The summed E-state index contributed by atoms with van der Waals surface area (Å²) in [5, 5.41) is 5.84. The summed E-state index contributed by atoms with van der Waals surface area (Å²) in [7, 11) is 0. The zero-order valence-corrected chi connectivity index (χ0v) is 18.9. The minimum absolute atomic E-state index is 0.0124. The van der Waals surface area contributed by atoms with E-state index in [2.05, 4.69) is 10.6 Å². The summed E-state index contributed by atoms with van der Waals surface area (Å²) >= 11 is 0. The van der Waals surface area contributed by atoms with E-state index in [4.69, 9.17) is 9.47 Å². The predicted octanol–water partition coefficient (Wildman–Crippen LogP) is 2.59. The fraction of sp³-hybridized carbons (Fsp3) is 0.400. The van der Waals surface area contributed by atoms with Crippen LogP contribution in [0.5, 0.6) is 11.5 Å². The lowest BCUT2D eigenvalue weighted by molar-refractivity contribution is -0.125. The van der Waals surface area contributed by atoms with Crippen LogP contribution in [0.15, 0.2) is 48.5 Å². The molecule has 2 aliphatic rings. The second kappa shape index (κ2) is 9.94. The maximum absolute atomic E-state index is 13.0. The number of hydrogen-bond donors (Lipinski definition) is 2. The van der Waals surface area contributed by atoms with Crippen LogP contribution < -0.4 is 20.1 Å². The summed E-state index contributed by atoms with van der Waals surface area (Å²) in [6, 6.07) is 13.4. The summed E-state index contributed by atoms with van der Waals surface area (Å²) < 4.78 is 10.7. The van der Waals surface area contributed by atoms with E-state index in [1.807, 2.05) is 36.9 Å². The van der Waals surface area contributed by atoms with Gasteiger partial charge in [0, 0.05) is 30.3 Å². The van der Waals surface area contributed by atoms with Crippen LogP contribution in [0.25, 0.3) is 0 Å². The number of amides is 3. The highest BCUT2D eigenvalue weighted by molar-refractivity contribution is 5.98. The molecule has 0 aromatic heterocycles. The first-order valence-corrected chi connectivity index (χ1v) is 11.3. The van der Waals surface area contributed by atoms with Crippen LogP contribution in [-0.2, 0) is 4.79 Å². The van der Waals surface area contributed by atoms with Gasteiger partial charge in [0.2, 0.25) is 12.7 Å². The van der Waals surface area contributed by atoms with Gasteiger partial charge < -0.3 is 25.0 Å². The lowest BCUT2D eigenvalue weighted by Gasteiger charge is -2.36. The largest absolute Gasteiger partial charge is 0.454 e. The Morgan fingerprint density at radius 2 is 1.61 bits per heavy atom. The lowest BCUT2D eigenvalue weighted by atomic mass is 9.88. The van der Waals surface area contributed by atoms with Crippen molar-refractivity contribution in [2.75, 3.05) is 19.9 Å². The molecule has 2 aliphatic heterocycles. The van der Waals surface area contributed by atoms with Crippen molar-refractivity contribution in [3.8, 4) is 11.5 Å². The van der Waals surface area contributed by atoms with E-state index in [0.717, 1.165) is 0 Å². The third kappa shape index (κ3) is 5.27. The third-order valence-corrected chi connectivity index (χ3v) is 5.95. The highest BCUT2D eigenvalue weighted by Crippen LogP contribution is 2.32. The second-order valence-corrected chi connectivity index (χ2v) is 8.68. The molecule has 8 nitrogen and oxygen atoms in total. The van der Waals surface area contributed by atoms with E-state index in [-0.39, 0.29) is 36.5 Å². The van der Waals surface area contributed by atoms with Gasteiger partial charge in [-0.1, -0.05) is 18.2 Å². The van der Waals surface area contributed by atoms with Gasteiger partial charge in [0.05, 0.1) is 0 Å². The van der Waals surface area contributed by atoms with E-state index in [0.29, 0.717) is 48.6 Å². The van der Waals surface area contributed by atoms with Gasteiger partial charge >= 0.3 is 0 Å². The summed E-state index contributed by atoms with van der Waals surface area (Å²) in [5.41, 5.74) is 1.06. The number of nitrogens with one attached hydrogen (secondary N) is 2. The van der Waals surface area contributed by atoms with Crippen LogP contribution in [0, 0.1) is 5.92 Å². The van der Waals surface area contributed by atoms with Crippen molar-refractivity contribution in [2.24, 2.45) is 5.92 Å². The SMILES string of the molecule is CC(C)NC(=O)[C@H](NC(=O)c1ccc2c(c1)OCO2)C1CCN(C(=O)c2ccccc2)CC1. The fourth-order valence-electron chi connectivity index (χ4n) is 4.23. The van der Waals surface area contributed by atoms with Crippen LogP contribution in [0.4, 0.5) is 0 Å². The van der Waals surface area contributed by atoms with Gasteiger partial charge in [-0.3, -0.25) is 14.4 Å². The Morgan fingerprint density at radius 1 is 0.909 bits per heavy atom. The topological polar surface area (TPSA) is 97.0 Å². The van der Waals surface area contributed by atoms with Crippen molar-refractivity contribution in [3.63, 3.8) is 0 Å². The first-order chi connectivity index (χ1) is 15.9. The smallest absolute Gasteiger partial charge is 0.253 e. The molecule has 4 rings (SSSR count). The number of benzene rings is 2. The fourth-order valence-corrected chi connectivity index (χ4v) is 4.23. The molecule has 2 aromatic rings. The van der Waals surface area contributed by atoms with Crippen LogP contribution in [-0.4, -0.2) is 54.6 Å². The highest BCUT2D eigenvalue weighted by Gasteiger charge is 2.34. The molecule has 174 valence electrons. The normalized spacial score (nSPS) is 16.4. The molecule has 0 saturated carbocycles. The van der Waals surface area contributed by atoms with Gasteiger partial charge in [0.25, 0.3) is 11.8 Å². The van der Waals surface area contributed by atoms with E-state index < -0.39 is 6.04 Å². The lowest BCUT2D eigenvalue weighted by Crippen LogP contribution is -2.54. The van der Waals surface area contributed by atoms with Crippen LogP contribution in [0.3, 0.4) is 0 Å². The molecule has 0 bridgehead atoms. The number of carbonyl (C=O) groups is 3. The average Bonchev–Trinajstić information content (AvgIpc) is 3.30. The molecule has 0 unspecified atom stereocenters. The number of rotatable bonds is 6. The van der Waals surface area contributed by atoms with Crippen molar-refractivity contribution in [1.82, 2.24) is 15.5 Å². The molecule has 2 aromatic carbocycles. The first-order valence-electron chi connectivity index (χ1n) is 11.3. The number of piperidine rings is 1. The molecule has 0 radical (unpaired) electrons. The minimum Gasteiger partial charge on any atom is -0.454 e. The molecule has 2 N–H and O–H groups in total. The monoisotopic (exact) mass is 451 g/mol. The third-order valence-electron chi connectivity index (χ3n) is 5.95. The molecule has 0 aliphatic carbocycles. The Kier molecular flexibility index (Phi) is 6.82. The van der Waals surface area contributed by atoms with E-state index in [1.165, 1.54) is 0 Å². The molecule has 1 atom stereocenters. The number of carbonyl (C=O) groups excluding carboxylic acids is 3. The molecule has 8 heteroatoms. The Labute approximate surface area is 193 Å². The summed E-state index contributed by atoms with van der Waals surface area (Å²) in [6.07, 6.45) is 1.24. The first kappa shape index (κ1) is 22.6. The molecular weight excluding hydrogens is 422 g/mol. The maximum atomic E-state index is 13.0. The molecule has 1 fully saturated rings. The number of nitrogens with zero attached hydrogens (tertiary/aromatic N) is 1. The van der Waals surface area contributed by atoms with Gasteiger partial charge in [-0.15, -0.1) is 0 Å². The van der Waals surface area contributed by atoms with Gasteiger partial charge in [-0.25, -0.2) is 0 Å². The van der Waals surface area contributed by atoms with Gasteiger partial charge in [-0.2, -0.15) is 0 Å². The Hall–Kier alpha value is -3.55. The number of likely N-dealkylation sites (tertiary alicyclic amines) is 1. The van der Waals surface area contributed by atoms with E-state index >= 15 is 0 Å². The van der Waals surface area contributed by atoms with Crippen LogP contribution in [0.2, 0.25) is 0 Å². The maximum Gasteiger partial charge on any atom is 0.253 e. The predicted molar refractivity (Wildman–Crippen MR) is 122 cm³/mol. The standard InChI is InChI=1S/C25H29N3O5/c1-16(2)26-24(30)22(27-23(29)19-8-9-20-21(14-19)33-15-32-20)17-10-12-28(13-11-17)25(31)18-6-4-3-5-7-18/h3-9,14,16-17,22H,10-13,15H2,1-2H3,(H,26,30)(H,27,29)/t22-/m1/s1. The van der Waals surface area contributed by atoms with Gasteiger partial charge in [-0.05, 0) is 62.9 Å². The molecule has 0 spiro atoms. The van der Waals surface area contributed by atoms with Crippen molar-refractivity contribution < 1.29 is 23.9 Å². The minimum atomic E-state index is -0.695. The zero-order valence-electron chi connectivity index (χ0n) is 18.9. The molecule has 3 amide bonds.